The van der Waals surface area contributed by atoms with Gasteiger partial charge in [0.2, 0.25) is 0 Å². The molecule has 6 heteroatoms. The van der Waals surface area contributed by atoms with Gasteiger partial charge in [-0.15, -0.1) is 10.2 Å². The Labute approximate surface area is 301 Å². The van der Waals surface area contributed by atoms with Gasteiger partial charge in [-0.25, -0.2) is 0 Å². The molecule has 7 rings (SSSR count). The molecule has 4 aromatic carbocycles. The van der Waals surface area contributed by atoms with Crippen molar-refractivity contribution < 1.29 is 9.47 Å². The SMILES string of the molecule is CCCOc1ccc(C2(c3ccc(OCCC)cc3)c3cc(-c4nnc(C)c(C)c4C)ccc3-c3ccc(-c4nnc(C)c(C)c4C)cc32)cc1. The van der Waals surface area contributed by atoms with E-state index in [1.807, 2.05) is 13.8 Å². The van der Waals surface area contributed by atoms with E-state index in [9.17, 15) is 0 Å². The smallest absolute Gasteiger partial charge is 0.119 e. The summed E-state index contributed by atoms with van der Waals surface area (Å²) in [6.07, 6.45) is 1.90. The number of rotatable bonds is 10. The highest BCUT2D eigenvalue weighted by Gasteiger charge is 2.47. The molecule has 1 aliphatic rings. The van der Waals surface area contributed by atoms with Gasteiger partial charge in [0.25, 0.3) is 0 Å². The third-order valence-electron chi connectivity index (χ3n) is 10.7. The Balaban J connectivity index is 1.54. The first-order chi connectivity index (χ1) is 24.7. The fourth-order valence-electron chi connectivity index (χ4n) is 7.45. The number of aryl methyl sites for hydroxylation is 2. The van der Waals surface area contributed by atoms with Crippen LogP contribution in [0.4, 0.5) is 0 Å². The van der Waals surface area contributed by atoms with E-state index in [4.69, 9.17) is 19.7 Å². The fraction of sp³-hybridized carbons (Fsp3) is 0.289. The van der Waals surface area contributed by atoms with Crippen LogP contribution in [0.1, 0.15) is 82.6 Å². The van der Waals surface area contributed by atoms with Crippen LogP contribution in [0.25, 0.3) is 33.6 Å². The second-order valence-electron chi connectivity index (χ2n) is 13.8. The highest BCUT2D eigenvalue weighted by atomic mass is 16.5. The molecule has 1 aliphatic carbocycles. The lowest BCUT2D eigenvalue weighted by Crippen LogP contribution is -2.28. The lowest BCUT2D eigenvalue weighted by atomic mass is 9.67. The summed E-state index contributed by atoms with van der Waals surface area (Å²) in [5.74, 6) is 1.73. The first-order valence-corrected chi connectivity index (χ1v) is 18.1. The molecule has 0 saturated carbocycles. The van der Waals surface area contributed by atoms with Crippen molar-refractivity contribution in [2.75, 3.05) is 13.2 Å². The predicted octanol–water partition coefficient (Wildman–Crippen LogP) is 10.4. The molecule has 2 aromatic heterocycles. The van der Waals surface area contributed by atoms with Gasteiger partial charge in [0.15, 0.2) is 0 Å². The molecule has 2 heterocycles. The predicted molar refractivity (Wildman–Crippen MR) is 206 cm³/mol. The van der Waals surface area contributed by atoms with Crippen molar-refractivity contribution in [3.05, 3.63) is 141 Å². The van der Waals surface area contributed by atoms with Gasteiger partial charge in [-0.2, -0.15) is 10.2 Å². The quantitative estimate of drug-likeness (QED) is 0.144. The summed E-state index contributed by atoms with van der Waals surface area (Å²) >= 11 is 0. The average molecular weight is 675 g/mol. The summed E-state index contributed by atoms with van der Waals surface area (Å²) < 4.78 is 12.2. The molecule has 0 amide bonds. The number of ether oxygens (including phenoxy) is 2. The van der Waals surface area contributed by atoms with Gasteiger partial charge in [-0.05, 0) is 146 Å². The van der Waals surface area contributed by atoms with Crippen LogP contribution >= 0.6 is 0 Å². The number of nitrogens with zero attached hydrogens (tertiary/aromatic N) is 4. The molecule has 6 nitrogen and oxygen atoms in total. The zero-order valence-corrected chi connectivity index (χ0v) is 31.0. The summed E-state index contributed by atoms with van der Waals surface area (Å²) in [6, 6.07) is 30.9. The van der Waals surface area contributed by atoms with Gasteiger partial charge in [0.05, 0.1) is 41.4 Å². The second-order valence-corrected chi connectivity index (χ2v) is 13.8. The molecule has 6 aromatic rings. The zero-order chi connectivity index (χ0) is 35.9. The molecule has 0 N–H and O–H groups in total. The van der Waals surface area contributed by atoms with Gasteiger partial charge >= 0.3 is 0 Å². The minimum atomic E-state index is -0.675. The molecule has 51 heavy (non-hydrogen) atoms. The Bertz CT molecular complexity index is 2080. The number of fused-ring (bicyclic) bond motifs is 3. The van der Waals surface area contributed by atoms with E-state index in [2.05, 4.69) is 137 Å². The van der Waals surface area contributed by atoms with Crippen LogP contribution in [0.2, 0.25) is 0 Å². The summed E-state index contributed by atoms with van der Waals surface area (Å²) in [4.78, 5) is 0. The lowest BCUT2D eigenvalue weighted by Gasteiger charge is -2.34. The summed E-state index contributed by atoms with van der Waals surface area (Å²) in [6.45, 7) is 18.2. The molecule has 0 fully saturated rings. The Morgan fingerprint density at radius 1 is 0.471 bits per heavy atom. The summed E-state index contributed by atoms with van der Waals surface area (Å²) in [7, 11) is 0. The molecule has 0 atom stereocenters. The van der Waals surface area contributed by atoms with Crippen molar-refractivity contribution in [2.24, 2.45) is 0 Å². The minimum Gasteiger partial charge on any atom is -0.494 e. The molecule has 0 bridgehead atoms. The summed E-state index contributed by atoms with van der Waals surface area (Å²) in [5.41, 5.74) is 16.8. The van der Waals surface area contributed by atoms with E-state index in [-0.39, 0.29) is 0 Å². The third kappa shape index (κ3) is 5.77. The van der Waals surface area contributed by atoms with E-state index in [0.29, 0.717) is 13.2 Å². The number of hydrogen-bond acceptors (Lipinski definition) is 6. The van der Waals surface area contributed by atoms with Crippen molar-refractivity contribution in [1.29, 1.82) is 0 Å². The molecule has 0 saturated heterocycles. The molecule has 0 radical (unpaired) electrons. The van der Waals surface area contributed by atoms with Crippen molar-refractivity contribution in [1.82, 2.24) is 20.4 Å². The Kier molecular flexibility index (Phi) is 9.19. The standard InChI is InChI=1S/C45H46N4O2/c1-9-23-50-37-17-13-35(14-18-37)45(36-15-19-38(20-16-36)51-24-10-2)41-25-33(43-29(5)27(3)31(7)46-48-43)11-21-39(41)40-22-12-34(26-42(40)45)44-30(6)28(4)32(8)47-49-44/h11-22,25-26H,9-10,23-24H2,1-8H3. The maximum absolute atomic E-state index is 6.08. The van der Waals surface area contributed by atoms with E-state index in [1.54, 1.807) is 0 Å². The highest BCUT2D eigenvalue weighted by molar-refractivity contribution is 5.90. The second kappa shape index (κ2) is 13.7. The van der Waals surface area contributed by atoms with Crippen LogP contribution in [0.5, 0.6) is 11.5 Å². The van der Waals surface area contributed by atoms with Crippen LogP contribution in [0.3, 0.4) is 0 Å². The number of benzene rings is 4. The van der Waals surface area contributed by atoms with Crippen LogP contribution in [-0.2, 0) is 5.41 Å². The number of aromatic nitrogens is 4. The first-order valence-electron chi connectivity index (χ1n) is 18.1. The monoisotopic (exact) mass is 674 g/mol. The topological polar surface area (TPSA) is 70.0 Å². The van der Waals surface area contributed by atoms with E-state index in [1.165, 1.54) is 22.3 Å². The largest absolute Gasteiger partial charge is 0.494 e. The normalized spacial score (nSPS) is 12.8. The van der Waals surface area contributed by atoms with Crippen molar-refractivity contribution in [3.63, 3.8) is 0 Å². The highest BCUT2D eigenvalue weighted by Crippen LogP contribution is 2.57. The molecular formula is C45H46N4O2. The van der Waals surface area contributed by atoms with Gasteiger partial charge in [-0.1, -0.05) is 62.4 Å². The molecule has 0 spiro atoms. The summed E-state index contributed by atoms with van der Waals surface area (Å²) in [5, 5.41) is 18.6. The molecular weight excluding hydrogens is 629 g/mol. The Hall–Kier alpha value is -5.36. The molecule has 258 valence electrons. The van der Waals surface area contributed by atoms with E-state index >= 15 is 0 Å². The molecule has 0 aliphatic heterocycles. The maximum atomic E-state index is 6.08. The zero-order valence-electron chi connectivity index (χ0n) is 31.0. The van der Waals surface area contributed by atoms with Crippen molar-refractivity contribution in [2.45, 2.75) is 73.6 Å². The number of hydrogen-bond donors (Lipinski definition) is 0. The van der Waals surface area contributed by atoms with Crippen molar-refractivity contribution >= 4 is 0 Å². The first kappa shape index (κ1) is 34.1. The van der Waals surface area contributed by atoms with E-state index < -0.39 is 5.41 Å². The average Bonchev–Trinajstić information content (AvgIpc) is 3.44. The van der Waals surface area contributed by atoms with Gasteiger partial charge in [0, 0.05) is 11.1 Å². The Morgan fingerprint density at radius 3 is 1.24 bits per heavy atom. The fourth-order valence-corrected chi connectivity index (χ4v) is 7.45. The van der Waals surface area contributed by atoms with Crippen LogP contribution < -0.4 is 9.47 Å². The molecule has 0 unspecified atom stereocenters. The van der Waals surface area contributed by atoms with E-state index in [0.717, 1.165) is 91.6 Å². The van der Waals surface area contributed by atoms with Crippen molar-refractivity contribution in [3.8, 4) is 45.1 Å². The van der Waals surface area contributed by atoms with Crippen LogP contribution in [-0.4, -0.2) is 33.6 Å². The van der Waals surface area contributed by atoms with Gasteiger partial charge in [-0.3, -0.25) is 0 Å². The van der Waals surface area contributed by atoms with Crippen LogP contribution in [0.15, 0.2) is 84.9 Å². The van der Waals surface area contributed by atoms with Gasteiger partial charge in [0.1, 0.15) is 11.5 Å². The Morgan fingerprint density at radius 2 is 0.863 bits per heavy atom. The van der Waals surface area contributed by atoms with Gasteiger partial charge < -0.3 is 9.47 Å². The van der Waals surface area contributed by atoms with Crippen LogP contribution in [0, 0.1) is 41.5 Å². The maximum Gasteiger partial charge on any atom is 0.119 e. The lowest BCUT2D eigenvalue weighted by molar-refractivity contribution is 0.317. The minimum absolute atomic E-state index is 0.675. The third-order valence-corrected chi connectivity index (χ3v) is 10.7.